The van der Waals surface area contributed by atoms with Crippen LogP contribution in [0.25, 0.3) is 0 Å². The van der Waals surface area contributed by atoms with Crippen molar-refractivity contribution in [2.24, 2.45) is 0 Å². The van der Waals surface area contributed by atoms with E-state index >= 15 is 0 Å². The van der Waals surface area contributed by atoms with Gasteiger partial charge in [0.25, 0.3) is 0 Å². The van der Waals surface area contributed by atoms with Crippen molar-refractivity contribution in [2.75, 3.05) is 13.2 Å². The van der Waals surface area contributed by atoms with E-state index in [0.29, 0.717) is 0 Å². The number of nitrogens with zero attached hydrogens (tertiary/aromatic N) is 1. The molecule has 0 aromatic rings. The third-order valence-electron chi connectivity index (χ3n) is 1.99. The lowest BCUT2D eigenvalue weighted by molar-refractivity contribution is -0.141. The molecule has 15 heavy (non-hydrogen) atoms. The first-order valence-corrected chi connectivity index (χ1v) is 4.35. The van der Waals surface area contributed by atoms with E-state index in [1.807, 2.05) is 0 Å². The standard InChI is InChI=1S/C9H11NO5/c1-2-3-15-9(14)10-5-6(11)4-7(10)8(12)13/h2,7H,1,3-5H2,(H,12,13). The third kappa shape index (κ3) is 2.55. The molecule has 82 valence electrons. The van der Waals surface area contributed by atoms with Gasteiger partial charge in [-0.25, -0.2) is 9.59 Å². The fourth-order valence-corrected chi connectivity index (χ4v) is 1.32. The van der Waals surface area contributed by atoms with Gasteiger partial charge in [-0.1, -0.05) is 12.7 Å². The smallest absolute Gasteiger partial charge is 0.411 e. The van der Waals surface area contributed by atoms with Crippen molar-refractivity contribution in [1.82, 2.24) is 4.90 Å². The first kappa shape index (κ1) is 11.2. The fourth-order valence-electron chi connectivity index (χ4n) is 1.32. The second-order valence-corrected chi connectivity index (χ2v) is 3.09. The minimum absolute atomic E-state index is 0.00410. The Morgan fingerprint density at radius 1 is 1.67 bits per heavy atom. The lowest BCUT2D eigenvalue weighted by Crippen LogP contribution is -2.40. The van der Waals surface area contributed by atoms with Gasteiger partial charge in [0.1, 0.15) is 12.6 Å². The van der Waals surface area contributed by atoms with Gasteiger partial charge in [-0.2, -0.15) is 0 Å². The average molecular weight is 213 g/mol. The largest absolute Gasteiger partial charge is 0.480 e. The summed E-state index contributed by atoms with van der Waals surface area (Å²) >= 11 is 0. The lowest BCUT2D eigenvalue weighted by Gasteiger charge is -2.19. The Bertz CT molecular complexity index is 312. The summed E-state index contributed by atoms with van der Waals surface area (Å²) in [4.78, 5) is 33.9. The maximum absolute atomic E-state index is 11.3. The number of amides is 1. The maximum Gasteiger partial charge on any atom is 0.411 e. The quantitative estimate of drug-likeness (QED) is 0.669. The van der Waals surface area contributed by atoms with Crippen molar-refractivity contribution < 1.29 is 24.2 Å². The second-order valence-electron chi connectivity index (χ2n) is 3.09. The SMILES string of the molecule is C=CCOC(=O)N1CC(=O)CC1C(=O)O. The molecule has 1 aliphatic rings. The molecule has 1 aliphatic heterocycles. The molecule has 1 atom stereocenters. The molecule has 0 aromatic heterocycles. The summed E-state index contributed by atoms with van der Waals surface area (Å²) in [6.07, 6.45) is 0.414. The summed E-state index contributed by atoms with van der Waals surface area (Å²) in [5.41, 5.74) is 0. The fraction of sp³-hybridized carbons (Fsp3) is 0.444. The number of carbonyl (C=O) groups excluding carboxylic acids is 2. The van der Waals surface area contributed by atoms with Crippen LogP contribution < -0.4 is 0 Å². The highest BCUT2D eigenvalue weighted by Gasteiger charge is 2.39. The van der Waals surface area contributed by atoms with Gasteiger partial charge in [0.05, 0.1) is 6.54 Å². The summed E-state index contributed by atoms with van der Waals surface area (Å²) in [6.45, 7) is 3.14. The van der Waals surface area contributed by atoms with Crippen LogP contribution in [0.4, 0.5) is 4.79 Å². The predicted molar refractivity (Wildman–Crippen MR) is 49.3 cm³/mol. The molecule has 1 N–H and O–H groups in total. The second kappa shape index (κ2) is 4.59. The minimum Gasteiger partial charge on any atom is -0.480 e. The van der Waals surface area contributed by atoms with Crippen molar-refractivity contribution >= 4 is 17.8 Å². The average Bonchev–Trinajstić information content (AvgIpc) is 2.57. The van der Waals surface area contributed by atoms with E-state index in [0.717, 1.165) is 4.90 Å². The van der Waals surface area contributed by atoms with Gasteiger partial charge >= 0.3 is 12.1 Å². The van der Waals surface area contributed by atoms with Gasteiger partial charge in [0.2, 0.25) is 0 Å². The Morgan fingerprint density at radius 2 is 2.33 bits per heavy atom. The maximum atomic E-state index is 11.3. The minimum atomic E-state index is -1.20. The van der Waals surface area contributed by atoms with E-state index < -0.39 is 18.1 Å². The number of hydrogen-bond acceptors (Lipinski definition) is 4. The highest BCUT2D eigenvalue weighted by molar-refractivity contribution is 5.95. The Labute approximate surface area is 86.1 Å². The number of Topliss-reactive ketones (excluding diaryl/α,β-unsaturated/α-hetero) is 1. The molecule has 6 heteroatoms. The van der Waals surface area contributed by atoms with Crippen LogP contribution in [0, 0.1) is 0 Å². The Hall–Kier alpha value is -1.85. The number of carboxylic acids is 1. The predicted octanol–water partition coefficient (Wildman–Crippen LogP) is 0.0370. The number of likely N-dealkylation sites (tertiary alicyclic amines) is 1. The molecule has 0 spiro atoms. The first-order valence-electron chi connectivity index (χ1n) is 4.35. The topological polar surface area (TPSA) is 83.9 Å². The molecule has 1 unspecified atom stereocenters. The van der Waals surface area contributed by atoms with Crippen LogP contribution in [0.3, 0.4) is 0 Å². The van der Waals surface area contributed by atoms with Crippen molar-refractivity contribution in [3.63, 3.8) is 0 Å². The van der Waals surface area contributed by atoms with Crippen LogP contribution in [0.1, 0.15) is 6.42 Å². The molecule has 1 fully saturated rings. The van der Waals surface area contributed by atoms with E-state index in [9.17, 15) is 14.4 Å². The summed E-state index contributed by atoms with van der Waals surface area (Å²) in [5.74, 6) is -1.48. The normalized spacial score (nSPS) is 20.1. The monoisotopic (exact) mass is 213 g/mol. The molecule has 0 aromatic carbocycles. The summed E-state index contributed by atoms with van der Waals surface area (Å²) < 4.78 is 4.66. The van der Waals surface area contributed by atoms with Crippen LogP contribution in [0.5, 0.6) is 0 Å². The Kier molecular flexibility index (Phi) is 3.43. The molecule has 0 bridgehead atoms. The van der Waals surface area contributed by atoms with Gasteiger partial charge in [0, 0.05) is 6.42 Å². The molecule has 1 saturated heterocycles. The van der Waals surface area contributed by atoms with Gasteiger partial charge in [-0.05, 0) is 0 Å². The molecule has 1 heterocycles. The van der Waals surface area contributed by atoms with Crippen LogP contribution in [-0.4, -0.2) is 47.0 Å². The first-order chi connectivity index (χ1) is 7.06. The Morgan fingerprint density at radius 3 is 2.87 bits per heavy atom. The molecule has 1 amide bonds. The number of rotatable bonds is 3. The van der Waals surface area contributed by atoms with Crippen molar-refractivity contribution in [2.45, 2.75) is 12.5 Å². The summed E-state index contributed by atoms with van der Waals surface area (Å²) in [6, 6.07) is -1.10. The van der Waals surface area contributed by atoms with Gasteiger partial charge in [-0.3, -0.25) is 9.69 Å². The van der Waals surface area contributed by atoms with E-state index in [2.05, 4.69) is 11.3 Å². The number of aliphatic carboxylic acids is 1. The van der Waals surface area contributed by atoms with Crippen LogP contribution in [0.2, 0.25) is 0 Å². The van der Waals surface area contributed by atoms with Gasteiger partial charge in [-0.15, -0.1) is 0 Å². The van der Waals surface area contributed by atoms with Crippen molar-refractivity contribution in [3.05, 3.63) is 12.7 Å². The molecule has 0 saturated carbocycles. The van der Waals surface area contributed by atoms with Gasteiger partial charge < -0.3 is 9.84 Å². The molecule has 6 nitrogen and oxygen atoms in total. The summed E-state index contributed by atoms with van der Waals surface area (Å²) in [7, 11) is 0. The molecule has 0 aliphatic carbocycles. The van der Waals surface area contributed by atoms with Crippen LogP contribution >= 0.6 is 0 Å². The van der Waals surface area contributed by atoms with E-state index in [4.69, 9.17) is 5.11 Å². The highest BCUT2D eigenvalue weighted by Crippen LogP contribution is 2.15. The number of ketones is 1. The number of ether oxygens (including phenoxy) is 1. The van der Waals surface area contributed by atoms with Crippen LogP contribution in [-0.2, 0) is 14.3 Å². The van der Waals surface area contributed by atoms with Crippen molar-refractivity contribution in [1.29, 1.82) is 0 Å². The molecular weight excluding hydrogens is 202 g/mol. The number of carbonyl (C=O) groups is 3. The molecular formula is C9H11NO5. The number of carboxylic acid groups (broad SMARTS) is 1. The van der Waals surface area contributed by atoms with E-state index in [1.165, 1.54) is 6.08 Å². The lowest BCUT2D eigenvalue weighted by atomic mass is 10.2. The molecule has 0 radical (unpaired) electrons. The van der Waals surface area contributed by atoms with Crippen molar-refractivity contribution in [3.8, 4) is 0 Å². The van der Waals surface area contributed by atoms with Gasteiger partial charge in [0.15, 0.2) is 5.78 Å². The Balaban J connectivity index is 2.66. The zero-order valence-corrected chi connectivity index (χ0v) is 8.01. The third-order valence-corrected chi connectivity index (χ3v) is 1.99. The number of hydrogen-bond donors (Lipinski definition) is 1. The highest BCUT2D eigenvalue weighted by atomic mass is 16.6. The zero-order chi connectivity index (χ0) is 11.4. The van der Waals surface area contributed by atoms with E-state index in [-0.39, 0.29) is 25.4 Å². The van der Waals surface area contributed by atoms with Crippen LogP contribution in [0.15, 0.2) is 12.7 Å². The zero-order valence-electron chi connectivity index (χ0n) is 8.01. The molecule has 1 rings (SSSR count). The summed E-state index contributed by atoms with van der Waals surface area (Å²) in [5, 5.41) is 8.75. The van der Waals surface area contributed by atoms with E-state index in [1.54, 1.807) is 0 Å².